The molecular weight excluding hydrogens is 378 g/mol. The van der Waals surface area contributed by atoms with Crippen LogP contribution in [0.15, 0.2) is 12.2 Å². The molecule has 0 amide bonds. The second-order valence-electron chi connectivity index (χ2n) is 8.59. The number of alkyl halides is 6. The number of ether oxygens (including phenoxy) is 1. The normalized spacial score (nSPS) is 37.1. The van der Waals surface area contributed by atoms with Crippen LogP contribution in [0, 0.1) is 29.1 Å². The summed E-state index contributed by atoms with van der Waals surface area (Å²) in [6.07, 6.45) is -11.2. The molecule has 4 bridgehead atoms. The molecule has 0 aromatic carbocycles. The van der Waals surface area contributed by atoms with Gasteiger partial charge in [0.25, 0.3) is 0 Å². The lowest BCUT2D eigenvalue weighted by Crippen LogP contribution is -2.57. The number of hydrogen-bond acceptors (Lipinski definition) is 3. The summed E-state index contributed by atoms with van der Waals surface area (Å²) in [5.74, 6) is 1.60. The van der Waals surface area contributed by atoms with Crippen molar-refractivity contribution in [2.75, 3.05) is 6.61 Å². The maximum atomic E-state index is 12.7. The van der Waals surface area contributed by atoms with Crippen molar-refractivity contribution in [1.29, 1.82) is 0 Å². The number of hydrogen-bond donors (Lipinski definition) is 1. The Balaban J connectivity index is 1.73. The Morgan fingerprint density at radius 2 is 1.44 bits per heavy atom. The summed E-state index contributed by atoms with van der Waals surface area (Å²) in [6, 6.07) is 0. The molecule has 1 atom stereocenters. The topological polar surface area (TPSA) is 38.7 Å². The molecule has 4 rings (SSSR count). The van der Waals surface area contributed by atoms with Crippen LogP contribution in [0.4, 0.5) is 26.3 Å². The van der Waals surface area contributed by atoms with Crippen LogP contribution < -0.4 is 0 Å². The van der Waals surface area contributed by atoms with Gasteiger partial charge in [-0.3, -0.25) is 5.26 Å². The predicted octanol–water partition coefficient (Wildman–Crippen LogP) is 5.37. The van der Waals surface area contributed by atoms with Crippen molar-refractivity contribution in [2.45, 2.75) is 63.6 Å². The largest absolute Gasteiger partial charge is 0.423 e. The van der Waals surface area contributed by atoms with E-state index >= 15 is 0 Å². The van der Waals surface area contributed by atoms with E-state index in [2.05, 4.69) is 16.2 Å². The van der Waals surface area contributed by atoms with Gasteiger partial charge in [0.1, 0.15) is 6.10 Å². The van der Waals surface area contributed by atoms with E-state index in [1.807, 2.05) is 6.92 Å². The SMILES string of the molecule is C=C(COC(C(F)(F)F)C(F)(F)F)C(OO)C1(C)C2CC3CC(C2)CC1C3. The van der Waals surface area contributed by atoms with Crippen molar-refractivity contribution in [2.24, 2.45) is 29.1 Å². The maximum absolute atomic E-state index is 12.7. The summed E-state index contributed by atoms with van der Waals surface area (Å²) in [5.41, 5.74) is -0.680. The molecule has 0 aromatic heterocycles. The highest BCUT2D eigenvalue weighted by atomic mass is 19.4. The van der Waals surface area contributed by atoms with E-state index in [0.29, 0.717) is 11.8 Å². The van der Waals surface area contributed by atoms with Gasteiger partial charge in [0.05, 0.1) is 6.61 Å². The highest BCUT2D eigenvalue weighted by molar-refractivity contribution is 5.16. The molecule has 4 aliphatic carbocycles. The Bertz CT molecular complexity index is 528. The molecule has 0 aromatic rings. The minimum absolute atomic E-state index is 0.106. The van der Waals surface area contributed by atoms with E-state index in [-0.39, 0.29) is 17.4 Å². The molecule has 0 saturated heterocycles. The lowest BCUT2D eigenvalue weighted by molar-refractivity contribution is -0.329. The van der Waals surface area contributed by atoms with E-state index in [4.69, 9.17) is 0 Å². The van der Waals surface area contributed by atoms with E-state index in [1.165, 1.54) is 6.42 Å². The minimum atomic E-state index is -5.58. The average molecular weight is 402 g/mol. The smallest absolute Gasteiger partial charge is 0.356 e. The van der Waals surface area contributed by atoms with Crippen molar-refractivity contribution in [3.05, 3.63) is 12.2 Å². The summed E-state index contributed by atoms with van der Waals surface area (Å²) >= 11 is 0. The first kappa shape index (κ1) is 20.9. The van der Waals surface area contributed by atoms with Gasteiger partial charge in [-0.1, -0.05) is 13.5 Å². The van der Waals surface area contributed by atoms with Crippen LogP contribution in [0.2, 0.25) is 0 Å². The number of halogens is 6. The van der Waals surface area contributed by atoms with Gasteiger partial charge in [-0.2, -0.15) is 26.3 Å². The Hall–Kier alpha value is -0.800. The summed E-state index contributed by atoms with van der Waals surface area (Å²) in [6.45, 7) is 4.51. The quantitative estimate of drug-likeness (QED) is 0.281. The van der Waals surface area contributed by atoms with Crippen molar-refractivity contribution in [3.8, 4) is 0 Å². The van der Waals surface area contributed by atoms with Crippen molar-refractivity contribution in [3.63, 3.8) is 0 Å². The number of rotatable bonds is 6. The lowest BCUT2D eigenvalue weighted by atomic mass is 9.44. The van der Waals surface area contributed by atoms with Gasteiger partial charge in [0, 0.05) is 5.41 Å². The zero-order chi connectivity index (χ0) is 20.2. The Kier molecular flexibility index (Phi) is 5.36. The van der Waals surface area contributed by atoms with E-state index in [0.717, 1.165) is 25.7 Å². The summed E-state index contributed by atoms with van der Waals surface area (Å²) in [5, 5.41) is 9.47. The summed E-state index contributed by atoms with van der Waals surface area (Å²) in [4.78, 5) is 4.60. The second-order valence-corrected chi connectivity index (χ2v) is 8.59. The average Bonchev–Trinajstić information content (AvgIpc) is 2.50. The molecule has 0 radical (unpaired) electrons. The van der Waals surface area contributed by atoms with Crippen molar-refractivity contribution < 1.29 is 41.2 Å². The first-order valence-electron chi connectivity index (χ1n) is 9.10. The van der Waals surface area contributed by atoms with Crippen molar-refractivity contribution >= 4 is 0 Å². The molecule has 4 fully saturated rings. The van der Waals surface area contributed by atoms with E-state index in [9.17, 15) is 31.6 Å². The maximum Gasteiger partial charge on any atom is 0.423 e. The Labute approximate surface area is 153 Å². The van der Waals surface area contributed by atoms with Gasteiger partial charge >= 0.3 is 12.4 Å². The van der Waals surface area contributed by atoms with Crippen LogP contribution in [0.5, 0.6) is 0 Å². The molecule has 4 aliphatic rings. The third kappa shape index (κ3) is 3.74. The van der Waals surface area contributed by atoms with Gasteiger partial charge in [0.15, 0.2) is 0 Å². The summed E-state index contributed by atoms with van der Waals surface area (Å²) < 4.78 is 80.1. The highest BCUT2D eigenvalue weighted by Gasteiger charge is 2.60. The third-order valence-electron chi connectivity index (χ3n) is 6.97. The zero-order valence-electron chi connectivity index (χ0n) is 14.9. The first-order valence-corrected chi connectivity index (χ1v) is 9.10. The van der Waals surface area contributed by atoms with Crippen LogP contribution in [0.1, 0.15) is 39.0 Å². The molecule has 1 N–H and O–H groups in total. The monoisotopic (exact) mass is 402 g/mol. The fraction of sp³-hybridized carbons (Fsp3) is 0.889. The second kappa shape index (κ2) is 6.91. The fourth-order valence-electron chi connectivity index (χ4n) is 5.90. The lowest BCUT2D eigenvalue weighted by Gasteiger charge is -2.62. The standard InChI is InChI=1S/C18H24F6O3/c1-9(8-26-15(17(19,20)21)18(22,23)24)14(27-25)16(2)12-4-10-3-11(6-12)7-13(16)5-10/h10-15,25H,1,3-8H2,2H3. The van der Waals surface area contributed by atoms with Gasteiger partial charge < -0.3 is 4.74 Å². The molecule has 9 heteroatoms. The summed E-state index contributed by atoms with van der Waals surface area (Å²) in [7, 11) is 0. The van der Waals surface area contributed by atoms with E-state index in [1.54, 1.807) is 0 Å². The molecule has 27 heavy (non-hydrogen) atoms. The molecule has 1 unspecified atom stereocenters. The third-order valence-corrected chi connectivity index (χ3v) is 6.97. The van der Waals surface area contributed by atoms with Gasteiger partial charge in [-0.05, 0) is 61.3 Å². The Morgan fingerprint density at radius 3 is 1.81 bits per heavy atom. The first-order chi connectivity index (χ1) is 12.4. The van der Waals surface area contributed by atoms with Crippen LogP contribution in [0.3, 0.4) is 0 Å². The molecule has 0 heterocycles. The molecule has 3 nitrogen and oxygen atoms in total. The van der Waals surface area contributed by atoms with Crippen LogP contribution in [0.25, 0.3) is 0 Å². The van der Waals surface area contributed by atoms with Gasteiger partial charge in [-0.15, -0.1) is 0 Å². The Morgan fingerprint density at radius 1 is 1.00 bits per heavy atom. The molecule has 4 saturated carbocycles. The van der Waals surface area contributed by atoms with Gasteiger partial charge in [-0.25, -0.2) is 4.89 Å². The fourth-order valence-corrected chi connectivity index (χ4v) is 5.90. The van der Waals surface area contributed by atoms with Gasteiger partial charge in [0.2, 0.25) is 6.10 Å². The van der Waals surface area contributed by atoms with E-state index < -0.39 is 36.6 Å². The van der Waals surface area contributed by atoms with Crippen LogP contribution in [-0.4, -0.2) is 36.4 Å². The predicted molar refractivity (Wildman–Crippen MR) is 83.6 cm³/mol. The molecule has 0 spiro atoms. The molecule has 0 aliphatic heterocycles. The zero-order valence-corrected chi connectivity index (χ0v) is 14.9. The minimum Gasteiger partial charge on any atom is -0.356 e. The van der Waals surface area contributed by atoms with Crippen molar-refractivity contribution in [1.82, 2.24) is 0 Å². The molecular formula is C18H24F6O3. The molecule has 156 valence electrons. The highest BCUT2D eigenvalue weighted by Crippen LogP contribution is 2.64. The van der Waals surface area contributed by atoms with Crippen LogP contribution >= 0.6 is 0 Å². The van der Waals surface area contributed by atoms with Crippen LogP contribution in [-0.2, 0) is 9.62 Å².